The third kappa shape index (κ3) is 5.06. The fraction of sp³-hybridized carbons (Fsp3) is 0.0417. The first kappa shape index (κ1) is 21.0. The molecular formula is C24H17ClN6O. The van der Waals surface area contributed by atoms with E-state index in [9.17, 15) is 10.1 Å². The van der Waals surface area contributed by atoms with Crippen molar-refractivity contribution in [3.05, 3.63) is 111 Å². The molecule has 0 bridgehead atoms. The molecule has 0 atom stereocenters. The van der Waals surface area contributed by atoms with Crippen LogP contribution >= 0.6 is 11.6 Å². The topological polar surface area (TPSA) is 107 Å². The highest BCUT2D eigenvalue weighted by atomic mass is 35.5. The number of nitrogens with one attached hydrogen (secondary N) is 2. The predicted molar refractivity (Wildman–Crippen MR) is 125 cm³/mol. The number of nitriles is 1. The summed E-state index contributed by atoms with van der Waals surface area (Å²) in [6.07, 6.45) is 4.13. The summed E-state index contributed by atoms with van der Waals surface area (Å²) in [6, 6.07) is 22.6. The van der Waals surface area contributed by atoms with E-state index in [0.29, 0.717) is 16.4 Å². The van der Waals surface area contributed by atoms with Gasteiger partial charge in [0.1, 0.15) is 16.8 Å². The maximum atomic E-state index is 12.3. The first-order chi connectivity index (χ1) is 15.6. The highest BCUT2D eigenvalue weighted by Gasteiger charge is 2.12. The molecule has 0 saturated heterocycles. The number of halogens is 1. The van der Waals surface area contributed by atoms with E-state index in [1.807, 2.05) is 54.6 Å². The molecule has 0 unspecified atom stereocenters. The van der Waals surface area contributed by atoms with Crippen LogP contribution in [0.5, 0.6) is 0 Å². The Hall–Kier alpha value is -4.28. The lowest BCUT2D eigenvalue weighted by Gasteiger charge is -2.06. The number of nitrogens with zero attached hydrogens (tertiary/aromatic N) is 4. The highest BCUT2D eigenvalue weighted by molar-refractivity contribution is 6.29. The summed E-state index contributed by atoms with van der Waals surface area (Å²) in [5, 5.41) is 14.0. The number of pyridine rings is 1. The van der Waals surface area contributed by atoms with Crippen LogP contribution in [-0.4, -0.2) is 21.2 Å². The van der Waals surface area contributed by atoms with Crippen molar-refractivity contribution < 1.29 is 0 Å². The quantitative estimate of drug-likeness (QED) is 0.262. The Morgan fingerprint density at radius 3 is 2.50 bits per heavy atom. The summed E-state index contributed by atoms with van der Waals surface area (Å²) in [5.74, 6) is 0.149. The van der Waals surface area contributed by atoms with Crippen molar-refractivity contribution in [3.63, 3.8) is 0 Å². The number of hydrogen-bond donors (Lipinski definition) is 2. The van der Waals surface area contributed by atoms with Gasteiger partial charge in [-0.25, -0.2) is 15.4 Å². The van der Waals surface area contributed by atoms with E-state index in [0.717, 1.165) is 23.1 Å². The molecule has 4 rings (SSSR count). The van der Waals surface area contributed by atoms with E-state index in [4.69, 9.17) is 11.6 Å². The maximum Gasteiger partial charge on any atom is 0.270 e. The summed E-state index contributed by atoms with van der Waals surface area (Å²) < 4.78 is 0. The highest BCUT2D eigenvalue weighted by Crippen LogP contribution is 2.19. The summed E-state index contributed by atoms with van der Waals surface area (Å²) in [6.45, 7) is 0. The molecule has 0 fully saturated rings. The maximum absolute atomic E-state index is 12.3. The molecule has 2 aromatic carbocycles. The van der Waals surface area contributed by atoms with Crippen LogP contribution in [0.3, 0.4) is 0 Å². The fourth-order valence-electron chi connectivity index (χ4n) is 3.07. The van der Waals surface area contributed by atoms with E-state index in [1.165, 1.54) is 0 Å². The molecule has 0 spiro atoms. The van der Waals surface area contributed by atoms with Gasteiger partial charge >= 0.3 is 0 Å². The largest absolute Gasteiger partial charge is 0.290 e. The number of H-pyrrole nitrogens is 1. The number of hydrazone groups is 1. The van der Waals surface area contributed by atoms with Crippen molar-refractivity contribution in [1.82, 2.24) is 15.0 Å². The van der Waals surface area contributed by atoms with Crippen molar-refractivity contribution in [1.29, 1.82) is 5.26 Å². The second kappa shape index (κ2) is 9.69. The molecule has 0 aliphatic heterocycles. The molecule has 7 nitrogen and oxygen atoms in total. The van der Waals surface area contributed by atoms with Gasteiger partial charge in [0.25, 0.3) is 5.56 Å². The van der Waals surface area contributed by atoms with Crippen LogP contribution in [0.2, 0.25) is 5.15 Å². The van der Waals surface area contributed by atoms with E-state index >= 15 is 0 Å². The summed E-state index contributed by atoms with van der Waals surface area (Å²) >= 11 is 5.82. The second-order valence-electron chi connectivity index (χ2n) is 6.89. The van der Waals surface area contributed by atoms with Gasteiger partial charge in [0, 0.05) is 11.8 Å². The molecule has 8 heteroatoms. The van der Waals surface area contributed by atoms with Crippen molar-refractivity contribution in [2.45, 2.75) is 6.42 Å². The Balaban J connectivity index is 1.47. The smallest absolute Gasteiger partial charge is 0.270 e. The zero-order valence-electron chi connectivity index (χ0n) is 16.8. The number of aromatic nitrogens is 3. The normalized spacial score (nSPS) is 10.8. The molecule has 32 heavy (non-hydrogen) atoms. The van der Waals surface area contributed by atoms with Crippen LogP contribution in [0.15, 0.2) is 82.8 Å². The van der Waals surface area contributed by atoms with Gasteiger partial charge in [0.05, 0.1) is 11.9 Å². The lowest BCUT2D eigenvalue weighted by Crippen LogP contribution is -2.16. The Labute approximate surface area is 189 Å². The number of rotatable bonds is 6. The molecular weight excluding hydrogens is 424 g/mol. The van der Waals surface area contributed by atoms with E-state index in [1.54, 1.807) is 30.6 Å². The van der Waals surface area contributed by atoms with Crippen molar-refractivity contribution >= 4 is 23.8 Å². The first-order valence-electron chi connectivity index (χ1n) is 9.70. The standard InChI is InChI=1S/C24H17ClN6O/c25-21-11-10-18(14-27-21)12-16-6-8-17(9-7-16)15-28-31-24-29-22(19-4-2-1-3-5-19)20(13-26)23(32)30-24/h1-11,14-15H,12H2,(H2,29,30,31,32). The Morgan fingerprint density at radius 1 is 1.06 bits per heavy atom. The van der Waals surface area contributed by atoms with E-state index in [2.05, 4.69) is 25.5 Å². The molecule has 0 amide bonds. The Morgan fingerprint density at radius 2 is 1.81 bits per heavy atom. The summed E-state index contributed by atoms with van der Waals surface area (Å²) in [5.41, 5.74) is 6.20. The number of benzene rings is 2. The van der Waals surface area contributed by atoms with Crippen LogP contribution in [0.25, 0.3) is 11.3 Å². The van der Waals surface area contributed by atoms with Crippen LogP contribution < -0.4 is 11.0 Å². The van der Waals surface area contributed by atoms with Crippen molar-refractivity contribution in [2.24, 2.45) is 5.10 Å². The summed E-state index contributed by atoms with van der Waals surface area (Å²) in [4.78, 5) is 23.3. The minimum Gasteiger partial charge on any atom is -0.290 e. The molecule has 0 aliphatic carbocycles. The Bertz CT molecular complexity index is 1340. The van der Waals surface area contributed by atoms with E-state index < -0.39 is 5.56 Å². The molecule has 4 aromatic rings. The molecule has 2 aromatic heterocycles. The number of anilines is 1. The zero-order valence-corrected chi connectivity index (χ0v) is 17.5. The number of aromatic amines is 1. The molecule has 0 radical (unpaired) electrons. The van der Waals surface area contributed by atoms with Gasteiger partial charge in [0.2, 0.25) is 5.95 Å². The van der Waals surface area contributed by atoms with Crippen LogP contribution in [0, 0.1) is 11.3 Å². The van der Waals surface area contributed by atoms with Gasteiger partial charge in [-0.15, -0.1) is 0 Å². The molecule has 2 heterocycles. The van der Waals surface area contributed by atoms with Gasteiger partial charge in [-0.2, -0.15) is 10.4 Å². The second-order valence-corrected chi connectivity index (χ2v) is 7.28. The van der Waals surface area contributed by atoms with Gasteiger partial charge in [-0.05, 0) is 29.2 Å². The SMILES string of the molecule is N#Cc1c(-c2ccccc2)nc(NN=Cc2ccc(Cc3ccc(Cl)nc3)cc2)[nH]c1=O. The van der Waals surface area contributed by atoms with Crippen molar-refractivity contribution in [3.8, 4) is 17.3 Å². The van der Waals surface area contributed by atoms with Crippen molar-refractivity contribution in [2.75, 3.05) is 5.43 Å². The summed E-state index contributed by atoms with van der Waals surface area (Å²) in [7, 11) is 0. The van der Waals surface area contributed by atoms with Gasteiger partial charge in [-0.1, -0.05) is 72.3 Å². The minimum absolute atomic E-state index is 0.0443. The average molecular weight is 441 g/mol. The van der Waals surface area contributed by atoms with Crippen LogP contribution in [0.4, 0.5) is 5.95 Å². The molecule has 156 valence electrons. The molecule has 0 saturated carbocycles. The van der Waals surface area contributed by atoms with Gasteiger partial charge < -0.3 is 0 Å². The van der Waals surface area contributed by atoms with Gasteiger partial charge in [0.15, 0.2) is 0 Å². The monoisotopic (exact) mass is 440 g/mol. The molecule has 0 aliphatic rings. The number of hydrogen-bond acceptors (Lipinski definition) is 6. The zero-order chi connectivity index (χ0) is 22.3. The third-order valence-electron chi connectivity index (χ3n) is 4.64. The van der Waals surface area contributed by atoms with Crippen LogP contribution in [-0.2, 0) is 6.42 Å². The molecule has 2 N–H and O–H groups in total. The fourth-order valence-corrected chi connectivity index (χ4v) is 3.18. The lowest BCUT2D eigenvalue weighted by molar-refractivity contribution is 1.08. The predicted octanol–water partition coefficient (Wildman–Crippen LogP) is 4.39. The minimum atomic E-state index is -0.528. The Kier molecular flexibility index (Phi) is 6.35. The van der Waals surface area contributed by atoms with E-state index in [-0.39, 0.29) is 11.5 Å². The first-order valence-corrected chi connectivity index (χ1v) is 10.1. The van der Waals surface area contributed by atoms with Crippen LogP contribution in [0.1, 0.15) is 22.3 Å². The average Bonchev–Trinajstić information content (AvgIpc) is 2.82. The third-order valence-corrected chi connectivity index (χ3v) is 4.86. The van der Waals surface area contributed by atoms with Gasteiger partial charge in [-0.3, -0.25) is 9.78 Å². The lowest BCUT2D eigenvalue weighted by atomic mass is 10.1.